The number of hydrogen-bond acceptors (Lipinski definition) is 1. The zero-order chi connectivity index (χ0) is 21.3. The quantitative estimate of drug-likeness (QED) is 0.200. The first-order valence-electron chi connectivity index (χ1n) is 12.6. The van der Waals surface area contributed by atoms with Gasteiger partial charge < -0.3 is 0 Å². The fourth-order valence-corrected chi connectivity index (χ4v) is 4.78. The van der Waals surface area contributed by atoms with Crippen LogP contribution in [0.5, 0.6) is 0 Å². The summed E-state index contributed by atoms with van der Waals surface area (Å²) < 4.78 is 0. The van der Waals surface area contributed by atoms with Crippen LogP contribution in [-0.2, 0) is 6.42 Å². The summed E-state index contributed by atoms with van der Waals surface area (Å²) in [4.78, 5) is 4.93. The van der Waals surface area contributed by atoms with Crippen molar-refractivity contribution in [1.29, 1.82) is 0 Å². The summed E-state index contributed by atoms with van der Waals surface area (Å²) >= 11 is 0. The van der Waals surface area contributed by atoms with Crippen LogP contribution in [0, 0.1) is 0 Å². The summed E-state index contributed by atoms with van der Waals surface area (Å²) in [6.07, 6.45) is 21.0. The Bertz CT molecular complexity index is 997. The third kappa shape index (κ3) is 5.85. The third-order valence-corrected chi connectivity index (χ3v) is 6.66. The Morgan fingerprint density at radius 2 is 1.29 bits per heavy atom. The molecule has 3 aromatic rings. The second-order valence-corrected chi connectivity index (χ2v) is 9.15. The van der Waals surface area contributed by atoms with Gasteiger partial charge in [-0.2, -0.15) is 0 Å². The lowest BCUT2D eigenvalue weighted by molar-refractivity contribution is 0.549. The highest BCUT2D eigenvalue weighted by Crippen LogP contribution is 2.33. The van der Waals surface area contributed by atoms with Crippen molar-refractivity contribution < 1.29 is 0 Å². The van der Waals surface area contributed by atoms with Gasteiger partial charge in [-0.3, -0.25) is 0 Å². The first kappa shape index (κ1) is 21.8. The van der Waals surface area contributed by atoms with E-state index in [4.69, 9.17) is 4.98 Å². The topological polar surface area (TPSA) is 12.9 Å². The Morgan fingerprint density at radius 1 is 0.645 bits per heavy atom. The van der Waals surface area contributed by atoms with Crippen molar-refractivity contribution >= 4 is 23.1 Å². The van der Waals surface area contributed by atoms with Gasteiger partial charge in [-0.25, -0.2) is 4.98 Å². The smallest absolute Gasteiger partial charge is 0.0721 e. The van der Waals surface area contributed by atoms with Crippen LogP contribution in [-0.4, -0.2) is 4.98 Å². The van der Waals surface area contributed by atoms with Crippen LogP contribution in [0.15, 0.2) is 48.5 Å². The second kappa shape index (κ2) is 11.3. The van der Waals surface area contributed by atoms with Crippen molar-refractivity contribution in [2.24, 2.45) is 0 Å². The average Bonchev–Trinajstić information content (AvgIpc) is 3.22. The molecule has 1 nitrogen and oxygen atoms in total. The van der Waals surface area contributed by atoms with Gasteiger partial charge >= 0.3 is 0 Å². The Morgan fingerprint density at radius 3 is 2.00 bits per heavy atom. The van der Waals surface area contributed by atoms with Gasteiger partial charge in [0.25, 0.3) is 0 Å². The van der Waals surface area contributed by atoms with Crippen LogP contribution < -0.4 is 0 Å². The van der Waals surface area contributed by atoms with Crippen LogP contribution in [0.1, 0.15) is 94.2 Å². The number of unbranched alkanes of at least 4 members (excludes halogenated alkanes) is 10. The molecule has 0 aliphatic heterocycles. The fourth-order valence-electron chi connectivity index (χ4n) is 4.78. The lowest BCUT2D eigenvalue weighted by Crippen LogP contribution is -1.90. The lowest BCUT2D eigenvalue weighted by atomic mass is 10.0. The molecule has 162 valence electrons. The molecular weight excluding hydrogens is 374 g/mol. The molecule has 1 heterocycles. The number of aromatic nitrogens is 1. The second-order valence-electron chi connectivity index (χ2n) is 9.15. The molecule has 0 saturated heterocycles. The Kier molecular flexibility index (Phi) is 7.93. The van der Waals surface area contributed by atoms with E-state index in [0.29, 0.717) is 0 Å². The van der Waals surface area contributed by atoms with Gasteiger partial charge in [0.1, 0.15) is 0 Å². The molecule has 1 aliphatic rings. The predicted octanol–water partition coefficient (Wildman–Crippen LogP) is 9.24. The summed E-state index contributed by atoms with van der Waals surface area (Å²) in [6.45, 7) is 2.29. The van der Waals surface area contributed by atoms with E-state index in [2.05, 4.69) is 67.6 Å². The molecule has 0 saturated carbocycles. The zero-order valence-corrected chi connectivity index (χ0v) is 19.2. The van der Waals surface area contributed by atoms with Crippen LogP contribution >= 0.6 is 0 Å². The molecule has 0 bridgehead atoms. The van der Waals surface area contributed by atoms with Gasteiger partial charge in [-0.05, 0) is 41.7 Å². The number of nitrogens with zero attached hydrogens (tertiary/aromatic N) is 1. The minimum absolute atomic E-state index is 1.08. The first-order chi connectivity index (χ1) is 15.3. The van der Waals surface area contributed by atoms with E-state index in [1.165, 1.54) is 105 Å². The maximum atomic E-state index is 4.93. The van der Waals surface area contributed by atoms with Gasteiger partial charge in [0.15, 0.2) is 0 Å². The summed E-state index contributed by atoms with van der Waals surface area (Å²) in [5.41, 5.74) is 7.42. The Labute approximate surface area is 188 Å². The van der Waals surface area contributed by atoms with Crippen LogP contribution in [0.2, 0.25) is 0 Å². The van der Waals surface area contributed by atoms with Gasteiger partial charge in [0.05, 0.1) is 11.2 Å². The molecule has 31 heavy (non-hydrogen) atoms. The monoisotopic (exact) mass is 411 g/mol. The van der Waals surface area contributed by atoms with Gasteiger partial charge in [0, 0.05) is 10.9 Å². The van der Waals surface area contributed by atoms with Crippen molar-refractivity contribution in [3.63, 3.8) is 0 Å². The van der Waals surface area contributed by atoms with Crippen molar-refractivity contribution in [1.82, 2.24) is 4.98 Å². The highest BCUT2D eigenvalue weighted by Gasteiger charge is 2.12. The number of pyridine rings is 1. The molecule has 1 aliphatic carbocycles. The molecule has 2 aromatic carbocycles. The van der Waals surface area contributed by atoms with E-state index >= 15 is 0 Å². The SMILES string of the molecule is CCCCCCCCCCCCCc1ccc(-c2cc3c4c(cccc4n2)C=C3)cc1. The molecule has 0 atom stereocenters. The average molecular weight is 412 g/mol. The van der Waals surface area contributed by atoms with E-state index in [-0.39, 0.29) is 0 Å². The highest BCUT2D eigenvalue weighted by molar-refractivity contribution is 6.04. The van der Waals surface area contributed by atoms with Gasteiger partial charge in [0.2, 0.25) is 0 Å². The van der Waals surface area contributed by atoms with E-state index in [1.54, 1.807) is 0 Å². The Balaban J connectivity index is 1.20. The van der Waals surface area contributed by atoms with Crippen molar-refractivity contribution in [2.75, 3.05) is 0 Å². The minimum atomic E-state index is 1.08. The molecule has 4 rings (SSSR count). The molecule has 1 heteroatoms. The molecule has 0 fully saturated rings. The van der Waals surface area contributed by atoms with Crippen LogP contribution in [0.25, 0.3) is 34.3 Å². The fraction of sp³-hybridized carbons (Fsp3) is 0.433. The van der Waals surface area contributed by atoms with Crippen molar-refractivity contribution in [3.8, 4) is 11.3 Å². The van der Waals surface area contributed by atoms with Crippen LogP contribution in [0.4, 0.5) is 0 Å². The molecule has 0 spiro atoms. The molecular formula is C30H37N. The third-order valence-electron chi connectivity index (χ3n) is 6.66. The molecule has 0 unspecified atom stereocenters. The summed E-state index contributed by atoms with van der Waals surface area (Å²) in [7, 11) is 0. The standard InChI is InChI=1S/C30H37N/c1-2-3-4-5-6-7-8-9-10-11-12-14-24-17-19-25(20-18-24)29-23-27-22-21-26-15-13-16-28(31-29)30(26)27/h13,15-23H,2-12,14H2,1H3. The number of benzene rings is 2. The first-order valence-corrected chi connectivity index (χ1v) is 12.6. The summed E-state index contributed by atoms with van der Waals surface area (Å²) in [6, 6.07) is 17.7. The maximum Gasteiger partial charge on any atom is 0.0721 e. The zero-order valence-electron chi connectivity index (χ0n) is 19.2. The van der Waals surface area contributed by atoms with E-state index in [0.717, 1.165) is 11.2 Å². The molecule has 0 radical (unpaired) electrons. The number of aryl methyl sites for hydroxylation is 1. The predicted molar refractivity (Wildman–Crippen MR) is 136 cm³/mol. The maximum absolute atomic E-state index is 4.93. The largest absolute Gasteiger partial charge is 0.248 e. The minimum Gasteiger partial charge on any atom is -0.248 e. The van der Waals surface area contributed by atoms with Gasteiger partial charge in [-0.1, -0.05) is 120 Å². The van der Waals surface area contributed by atoms with Gasteiger partial charge in [-0.15, -0.1) is 0 Å². The Hall–Kier alpha value is -2.41. The molecule has 1 aromatic heterocycles. The highest BCUT2D eigenvalue weighted by atomic mass is 14.7. The summed E-state index contributed by atoms with van der Waals surface area (Å²) in [5.74, 6) is 0. The van der Waals surface area contributed by atoms with E-state index in [1.807, 2.05) is 0 Å². The number of rotatable bonds is 13. The van der Waals surface area contributed by atoms with E-state index < -0.39 is 0 Å². The summed E-state index contributed by atoms with van der Waals surface area (Å²) in [5, 5.41) is 1.29. The van der Waals surface area contributed by atoms with Crippen LogP contribution in [0.3, 0.4) is 0 Å². The molecule has 0 N–H and O–H groups in total. The van der Waals surface area contributed by atoms with Crippen molar-refractivity contribution in [2.45, 2.75) is 84.0 Å². The number of hydrogen-bond donors (Lipinski definition) is 0. The molecule has 0 amide bonds. The lowest BCUT2D eigenvalue weighted by Gasteiger charge is -2.08. The van der Waals surface area contributed by atoms with Crippen molar-refractivity contribution in [3.05, 3.63) is 65.2 Å². The van der Waals surface area contributed by atoms with E-state index in [9.17, 15) is 0 Å². The normalized spacial score (nSPS) is 12.2.